The molecule has 0 atom stereocenters. The predicted octanol–water partition coefficient (Wildman–Crippen LogP) is 3.72. The Morgan fingerprint density at radius 1 is 1.11 bits per heavy atom. The first-order valence-electron chi connectivity index (χ1n) is 6.53. The van der Waals surface area contributed by atoms with Crippen LogP contribution >= 0.6 is 0 Å². The maximum atomic E-state index is 12.4. The Kier molecular flexibility index (Phi) is 2.93. The summed E-state index contributed by atoms with van der Waals surface area (Å²) in [6.07, 6.45) is 2.23. The Morgan fingerprint density at radius 2 is 1.74 bits per heavy atom. The van der Waals surface area contributed by atoms with E-state index in [-0.39, 0.29) is 0 Å². The largest absolute Gasteiger partial charge is 0.416 e. The molecule has 102 valence electrons. The van der Waals surface area contributed by atoms with Crippen LogP contribution in [0.15, 0.2) is 30.3 Å². The monoisotopic (exact) mass is 267 g/mol. The van der Waals surface area contributed by atoms with Gasteiger partial charge in [0.05, 0.1) is 5.56 Å². The van der Waals surface area contributed by atoms with Crippen molar-refractivity contribution in [3.8, 4) is 0 Å². The molecule has 19 heavy (non-hydrogen) atoms. The van der Waals surface area contributed by atoms with E-state index in [1.807, 2.05) is 6.08 Å². The third-order valence-corrected chi connectivity index (χ3v) is 4.19. The van der Waals surface area contributed by atoms with Gasteiger partial charge in [0.15, 0.2) is 0 Å². The molecule has 1 spiro atoms. The Labute approximate surface area is 110 Å². The fraction of sp³-hybridized carbons (Fsp3) is 0.467. The number of rotatable bonds is 2. The molecule has 1 aliphatic heterocycles. The molecule has 2 aliphatic rings. The summed E-state index contributed by atoms with van der Waals surface area (Å²) < 4.78 is 37.2. The maximum absolute atomic E-state index is 12.4. The zero-order valence-electron chi connectivity index (χ0n) is 10.5. The van der Waals surface area contributed by atoms with Crippen molar-refractivity contribution in [2.45, 2.75) is 19.0 Å². The molecule has 4 heteroatoms. The van der Waals surface area contributed by atoms with Gasteiger partial charge in [-0.3, -0.25) is 0 Å². The van der Waals surface area contributed by atoms with Gasteiger partial charge in [-0.2, -0.15) is 13.2 Å². The molecule has 1 aromatic carbocycles. The molecule has 0 unspecified atom stereocenters. The number of hydrogen-bond donors (Lipinski definition) is 1. The number of halogens is 3. The van der Waals surface area contributed by atoms with Crippen LogP contribution in [0.2, 0.25) is 0 Å². The topological polar surface area (TPSA) is 12.0 Å². The van der Waals surface area contributed by atoms with Crippen LogP contribution in [0.5, 0.6) is 0 Å². The lowest BCUT2D eigenvalue weighted by Gasteiger charge is -2.53. The molecular weight excluding hydrogens is 251 g/mol. The van der Waals surface area contributed by atoms with E-state index >= 15 is 0 Å². The van der Waals surface area contributed by atoms with Crippen molar-refractivity contribution in [3.63, 3.8) is 0 Å². The molecular formula is C15H16F3N. The van der Waals surface area contributed by atoms with Gasteiger partial charge in [0.25, 0.3) is 0 Å². The van der Waals surface area contributed by atoms with Gasteiger partial charge >= 0.3 is 6.18 Å². The highest BCUT2D eigenvalue weighted by Crippen LogP contribution is 2.49. The highest BCUT2D eigenvalue weighted by molar-refractivity contribution is 5.50. The first kappa shape index (κ1) is 12.7. The van der Waals surface area contributed by atoms with E-state index in [0.29, 0.717) is 11.3 Å². The van der Waals surface area contributed by atoms with E-state index in [1.165, 1.54) is 25.0 Å². The zero-order valence-corrected chi connectivity index (χ0v) is 10.5. The average Bonchev–Trinajstić information content (AvgIpc) is 2.24. The molecule has 0 amide bonds. The average molecular weight is 267 g/mol. The number of hydrogen-bond acceptors (Lipinski definition) is 1. The lowest BCUT2D eigenvalue weighted by molar-refractivity contribution is -0.137. The van der Waals surface area contributed by atoms with E-state index < -0.39 is 11.7 Å². The van der Waals surface area contributed by atoms with Crippen LogP contribution in [0.4, 0.5) is 13.2 Å². The summed E-state index contributed by atoms with van der Waals surface area (Å²) in [5.74, 6) is 0.587. The van der Waals surface area contributed by atoms with Gasteiger partial charge in [-0.05, 0) is 41.9 Å². The SMILES string of the molecule is FC(F)(F)c1ccc(C=CC2CC3(CNC3)C2)cc1. The van der Waals surface area contributed by atoms with E-state index in [0.717, 1.165) is 30.8 Å². The molecule has 0 radical (unpaired) electrons. The number of alkyl halides is 3. The molecule has 3 rings (SSSR count). The van der Waals surface area contributed by atoms with Crippen LogP contribution < -0.4 is 5.32 Å². The summed E-state index contributed by atoms with van der Waals surface area (Å²) in [6, 6.07) is 5.33. The van der Waals surface area contributed by atoms with Crippen molar-refractivity contribution >= 4 is 6.08 Å². The van der Waals surface area contributed by atoms with Crippen molar-refractivity contribution in [2.24, 2.45) is 11.3 Å². The van der Waals surface area contributed by atoms with E-state index in [4.69, 9.17) is 0 Å². The molecule has 1 nitrogen and oxygen atoms in total. The van der Waals surface area contributed by atoms with E-state index in [9.17, 15) is 13.2 Å². The minimum atomic E-state index is -4.25. The second-order valence-corrected chi connectivity index (χ2v) is 5.75. The molecule has 1 N–H and O–H groups in total. The molecule has 1 heterocycles. The summed E-state index contributed by atoms with van der Waals surface area (Å²) in [7, 11) is 0. The van der Waals surface area contributed by atoms with Gasteiger partial charge in [-0.25, -0.2) is 0 Å². The van der Waals surface area contributed by atoms with Crippen molar-refractivity contribution in [1.82, 2.24) is 5.32 Å². The maximum Gasteiger partial charge on any atom is 0.416 e. The second-order valence-electron chi connectivity index (χ2n) is 5.75. The standard InChI is InChI=1S/C15H16F3N/c16-15(17,18)13-5-3-11(4-6-13)1-2-12-7-14(8-12)9-19-10-14/h1-6,12,19H,7-10H2. The highest BCUT2D eigenvalue weighted by atomic mass is 19.4. The smallest absolute Gasteiger partial charge is 0.316 e. The van der Waals surface area contributed by atoms with Crippen molar-refractivity contribution in [1.29, 1.82) is 0 Å². The third kappa shape index (κ3) is 2.54. The Balaban J connectivity index is 1.58. The summed E-state index contributed by atoms with van der Waals surface area (Å²) in [5.41, 5.74) is 0.781. The summed E-state index contributed by atoms with van der Waals surface area (Å²) in [6.45, 7) is 2.25. The molecule has 2 fully saturated rings. The quantitative estimate of drug-likeness (QED) is 0.861. The van der Waals surface area contributed by atoms with Crippen molar-refractivity contribution in [3.05, 3.63) is 41.5 Å². The number of benzene rings is 1. The van der Waals surface area contributed by atoms with E-state index in [2.05, 4.69) is 11.4 Å². The molecule has 1 saturated heterocycles. The van der Waals surface area contributed by atoms with Crippen LogP contribution in [0.1, 0.15) is 24.0 Å². The Bertz CT molecular complexity index is 475. The van der Waals surface area contributed by atoms with Crippen LogP contribution in [0, 0.1) is 11.3 Å². The van der Waals surface area contributed by atoms with Gasteiger partial charge < -0.3 is 5.32 Å². The lowest BCUT2D eigenvalue weighted by atomic mass is 9.58. The second kappa shape index (κ2) is 4.37. The molecule has 0 aromatic heterocycles. The van der Waals surface area contributed by atoms with Crippen LogP contribution in [-0.4, -0.2) is 13.1 Å². The molecule has 1 aromatic rings. The van der Waals surface area contributed by atoms with Gasteiger partial charge in [0.1, 0.15) is 0 Å². The number of allylic oxidation sites excluding steroid dienone is 1. The van der Waals surface area contributed by atoms with Gasteiger partial charge in [-0.1, -0.05) is 24.3 Å². The Morgan fingerprint density at radius 3 is 2.21 bits per heavy atom. The van der Waals surface area contributed by atoms with Crippen molar-refractivity contribution < 1.29 is 13.2 Å². The normalized spacial score (nSPS) is 22.5. The Hall–Kier alpha value is -1.29. The summed E-state index contributed by atoms with van der Waals surface area (Å²) in [5, 5.41) is 3.29. The fourth-order valence-electron chi connectivity index (χ4n) is 2.99. The molecule has 1 saturated carbocycles. The predicted molar refractivity (Wildman–Crippen MR) is 68.5 cm³/mol. The molecule has 1 aliphatic carbocycles. The van der Waals surface area contributed by atoms with Gasteiger partial charge in [0, 0.05) is 13.1 Å². The summed E-state index contributed by atoms with van der Waals surface area (Å²) in [4.78, 5) is 0. The minimum Gasteiger partial charge on any atom is -0.316 e. The van der Waals surface area contributed by atoms with Crippen molar-refractivity contribution in [2.75, 3.05) is 13.1 Å². The lowest BCUT2D eigenvalue weighted by Crippen LogP contribution is -2.59. The number of nitrogens with one attached hydrogen (secondary N) is 1. The van der Waals surface area contributed by atoms with Crippen LogP contribution in [-0.2, 0) is 6.18 Å². The van der Waals surface area contributed by atoms with Gasteiger partial charge in [0.2, 0.25) is 0 Å². The first-order chi connectivity index (χ1) is 8.97. The van der Waals surface area contributed by atoms with E-state index in [1.54, 1.807) is 0 Å². The van der Waals surface area contributed by atoms with Crippen LogP contribution in [0.25, 0.3) is 6.08 Å². The highest BCUT2D eigenvalue weighted by Gasteiger charge is 2.47. The zero-order chi connectivity index (χ0) is 13.5. The first-order valence-corrected chi connectivity index (χ1v) is 6.53. The molecule has 0 bridgehead atoms. The van der Waals surface area contributed by atoms with Crippen LogP contribution in [0.3, 0.4) is 0 Å². The minimum absolute atomic E-state index is 0.537. The summed E-state index contributed by atoms with van der Waals surface area (Å²) >= 11 is 0. The fourth-order valence-corrected chi connectivity index (χ4v) is 2.99. The van der Waals surface area contributed by atoms with Gasteiger partial charge in [-0.15, -0.1) is 0 Å². The third-order valence-electron chi connectivity index (χ3n) is 4.19.